The molecule has 7 nitrogen and oxygen atoms in total. The monoisotopic (exact) mass is 478 g/mol. The largest absolute Gasteiger partial charge is 0.469 e. The van der Waals surface area contributed by atoms with Gasteiger partial charge in [0.1, 0.15) is 11.4 Å². The Bertz CT molecular complexity index is 842. The summed E-state index contributed by atoms with van der Waals surface area (Å²) >= 11 is 0. The van der Waals surface area contributed by atoms with Gasteiger partial charge in [-0.3, -0.25) is 4.79 Å². The third kappa shape index (κ3) is 6.48. The molecule has 0 radical (unpaired) electrons. The Morgan fingerprint density at radius 1 is 1.26 bits per heavy atom. The topological polar surface area (TPSA) is 68.3 Å². The predicted molar refractivity (Wildman–Crippen MR) is 127 cm³/mol. The van der Waals surface area contributed by atoms with Crippen LogP contribution in [0.25, 0.3) is 0 Å². The lowest BCUT2D eigenvalue weighted by Crippen LogP contribution is -2.52. The van der Waals surface area contributed by atoms with Gasteiger partial charge in [0.05, 0.1) is 20.3 Å². The van der Waals surface area contributed by atoms with Crippen molar-refractivity contribution in [3.05, 3.63) is 35.1 Å². The van der Waals surface area contributed by atoms with Crippen LogP contribution < -0.4 is 0 Å². The zero-order chi connectivity index (χ0) is 24.7. The average molecular weight is 479 g/mol. The fourth-order valence-corrected chi connectivity index (χ4v) is 5.36. The molecule has 1 aliphatic carbocycles. The van der Waals surface area contributed by atoms with E-state index in [9.17, 15) is 14.0 Å². The van der Waals surface area contributed by atoms with E-state index in [0.717, 1.165) is 24.2 Å². The molecule has 1 aliphatic heterocycles. The Morgan fingerprint density at radius 2 is 2.00 bits per heavy atom. The van der Waals surface area contributed by atoms with Gasteiger partial charge in [-0.25, -0.2) is 9.18 Å². The van der Waals surface area contributed by atoms with Gasteiger partial charge >= 0.3 is 12.1 Å². The molecule has 0 aromatic heterocycles. The average Bonchev–Trinajstić information content (AvgIpc) is 2.83. The number of hydrogen-bond donors (Lipinski definition) is 0. The van der Waals surface area contributed by atoms with E-state index in [2.05, 4.69) is 18.7 Å². The van der Waals surface area contributed by atoms with E-state index in [4.69, 9.17) is 14.2 Å². The van der Waals surface area contributed by atoms with Gasteiger partial charge in [0, 0.05) is 38.4 Å². The number of aryl methyl sites for hydroxylation is 1. The van der Waals surface area contributed by atoms with Gasteiger partial charge < -0.3 is 24.0 Å². The lowest BCUT2D eigenvalue weighted by molar-refractivity contribution is -0.140. The van der Waals surface area contributed by atoms with Crippen LogP contribution in [0.5, 0.6) is 0 Å². The maximum Gasteiger partial charge on any atom is 0.410 e. The van der Waals surface area contributed by atoms with Crippen LogP contribution >= 0.6 is 0 Å². The van der Waals surface area contributed by atoms with Crippen LogP contribution in [-0.2, 0) is 25.4 Å². The molecule has 0 bridgehead atoms. The summed E-state index contributed by atoms with van der Waals surface area (Å²) in [6.45, 7) is 7.82. The first-order chi connectivity index (χ1) is 16.3. The van der Waals surface area contributed by atoms with Crippen molar-refractivity contribution in [3.8, 4) is 0 Å². The van der Waals surface area contributed by atoms with E-state index >= 15 is 0 Å². The Kier molecular flexibility index (Phi) is 9.31. The summed E-state index contributed by atoms with van der Waals surface area (Å²) < 4.78 is 30.5. The van der Waals surface area contributed by atoms with E-state index in [0.29, 0.717) is 58.4 Å². The van der Waals surface area contributed by atoms with Crippen molar-refractivity contribution in [3.63, 3.8) is 0 Å². The van der Waals surface area contributed by atoms with Crippen molar-refractivity contribution in [2.24, 2.45) is 5.92 Å². The van der Waals surface area contributed by atoms with Gasteiger partial charge in [0.25, 0.3) is 0 Å². The maximum absolute atomic E-state index is 14.0. The minimum atomic E-state index is -0.689. The molecule has 1 unspecified atom stereocenters. The number of carbonyl (C=O) groups excluding carboxylic acids is 2. The van der Waals surface area contributed by atoms with Crippen LogP contribution in [0.15, 0.2) is 18.2 Å². The highest BCUT2D eigenvalue weighted by molar-refractivity contribution is 5.69. The van der Waals surface area contributed by atoms with Crippen molar-refractivity contribution in [2.45, 2.75) is 57.5 Å². The third-order valence-electron chi connectivity index (χ3n) is 7.12. The van der Waals surface area contributed by atoms with Gasteiger partial charge in [-0.15, -0.1) is 0 Å². The lowest BCUT2D eigenvalue weighted by Gasteiger charge is -2.47. The molecule has 1 aromatic carbocycles. The summed E-state index contributed by atoms with van der Waals surface area (Å²) in [5.74, 6) is -0.276. The number of hydrogen-bond acceptors (Lipinski definition) is 6. The highest BCUT2D eigenvalue weighted by atomic mass is 19.1. The molecule has 0 spiro atoms. The zero-order valence-corrected chi connectivity index (χ0v) is 21.0. The molecular weight excluding hydrogens is 439 g/mol. The first-order valence-corrected chi connectivity index (χ1v) is 12.3. The number of esters is 1. The first-order valence-electron chi connectivity index (χ1n) is 12.3. The van der Waals surface area contributed by atoms with E-state index in [1.54, 1.807) is 11.0 Å². The molecular formula is C26H39FN2O5. The highest BCUT2D eigenvalue weighted by Crippen LogP contribution is 2.48. The fourth-order valence-electron chi connectivity index (χ4n) is 5.36. The van der Waals surface area contributed by atoms with Gasteiger partial charge in [-0.2, -0.15) is 0 Å². The second kappa shape index (κ2) is 12.0. The van der Waals surface area contributed by atoms with Gasteiger partial charge in [0.15, 0.2) is 0 Å². The molecule has 2 atom stereocenters. The minimum absolute atomic E-state index is 0.0368. The number of morpholine rings is 1. The molecule has 0 N–H and O–H groups in total. The van der Waals surface area contributed by atoms with E-state index in [1.807, 2.05) is 13.1 Å². The number of carbonyl (C=O) groups is 2. The number of fused-ring (bicyclic) bond motifs is 1. The van der Waals surface area contributed by atoms with Crippen LogP contribution in [0.2, 0.25) is 0 Å². The zero-order valence-electron chi connectivity index (χ0n) is 21.0. The Labute approximate surface area is 202 Å². The molecule has 0 saturated carbocycles. The lowest BCUT2D eigenvalue weighted by atomic mass is 9.65. The number of methoxy groups -OCH3 is 1. The van der Waals surface area contributed by atoms with Crippen LogP contribution in [0.1, 0.15) is 56.6 Å². The number of amides is 1. The summed E-state index contributed by atoms with van der Waals surface area (Å²) in [6, 6.07) is 5.00. The fraction of sp³-hybridized carbons (Fsp3) is 0.692. The number of rotatable bonds is 9. The van der Waals surface area contributed by atoms with Crippen LogP contribution in [-0.4, -0.2) is 81.0 Å². The quantitative estimate of drug-likeness (QED) is 0.500. The van der Waals surface area contributed by atoms with Crippen molar-refractivity contribution in [2.75, 3.05) is 53.6 Å². The van der Waals surface area contributed by atoms with Crippen LogP contribution in [0.3, 0.4) is 0 Å². The van der Waals surface area contributed by atoms with Crippen molar-refractivity contribution in [1.29, 1.82) is 0 Å². The molecule has 34 heavy (non-hydrogen) atoms. The summed E-state index contributed by atoms with van der Waals surface area (Å²) in [7, 11) is 3.42. The second-order valence-electron chi connectivity index (χ2n) is 9.83. The smallest absolute Gasteiger partial charge is 0.410 e. The second-order valence-corrected chi connectivity index (χ2v) is 9.83. The van der Waals surface area contributed by atoms with Crippen molar-refractivity contribution in [1.82, 2.24) is 9.80 Å². The molecule has 2 aliphatic rings. The van der Waals surface area contributed by atoms with E-state index in [-0.39, 0.29) is 29.7 Å². The van der Waals surface area contributed by atoms with Gasteiger partial charge in [0.2, 0.25) is 0 Å². The summed E-state index contributed by atoms with van der Waals surface area (Å²) in [5.41, 5.74) is 1.39. The normalized spacial score (nSPS) is 22.6. The highest BCUT2D eigenvalue weighted by Gasteiger charge is 2.48. The third-order valence-corrected chi connectivity index (χ3v) is 7.12. The molecule has 8 heteroatoms. The Balaban J connectivity index is 1.81. The summed E-state index contributed by atoms with van der Waals surface area (Å²) in [4.78, 5) is 28.6. The summed E-state index contributed by atoms with van der Waals surface area (Å²) in [5, 5.41) is 0. The number of halogens is 1. The van der Waals surface area contributed by atoms with Crippen LogP contribution in [0.4, 0.5) is 9.18 Å². The van der Waals surface area contributed by atoms with E-state index in [1.165, 1.54) is 13.2 Å². The molecule has 1 heterocycles. The maximum atomic E-state index is 14.0. The van der Waals surface area contributed by atoms with Crippen LogP contribution in [0, 0.1) is 11.7 Å². The first kappa shape index (κ1) is 26.4. The number of nitrogens with zero attached hydrogens (tertiary/aromatic N) is 2. The molecule has 190 valence electrons. The Morgan fingerprint density at radius 3 is 2.68 bits per heavy atom. The number of ether oxygens (including phenoxy) is 3. The molecule has 1 amide bonds. The number of benzene rings is 1. The van der Waals surface area contributed by atoms with Crippen molar-refractivity contribution >= 4 is 12.1 Å². The SMILES string of the molecule is COC(=O)CCCN(C)CC[C@@]1(OC(=O)N2CCOCC2)CCc2cc(F)ccc2C1C(C)C. The summed E-state index contributed by atoms with van der Waals surface area (Å²) in [6.07, 6.45) is 2.77. The molecule has 3 rings (SSSR count). The predicted octanol–water partition coefficient (Wildman–Crippen LogP) is 3.99. The minimum Gasteiger partial charge on any atom is -0.469 e. The van der Waals surface area contributed by atoms with Crippen molar-refractivity contribution < 1.29 is 28.2 Å². The molecule has 1 saturated heterocycles. The molecule has 1 aromatic rings. The molecule has 1 fully saturated rings. The van der Waals surface area contributed by atoms with Gasteiger partial charge in [-0.05, 0) is 62.0 Å². The van der Waals surface area contributed by atoms with Gasteiger partial charge in [-0.1, -0.05) is 19.9 Å². The Hall–Kier alpha value is -2.19. The standard InChI is InChI=1S/C26H39FN2O5/c1-19(2)24-22-8-7-21(27)18-20(22)9-10-26(24,34-25(31)29-14-16-33-17-15-29)11-13-28(3)12-5-6-23(30)32-4/h7-8,18-19,24H,5-6,9-17H2,1-4H3/t24?,26-/m0/s1. The van der Waals surface area contributed by atoms with E-state index < -0.39 is 5.60 Å².